The van der Waals surface area contributed by atoms with Gasteiger partial charge in [-0.2, -0.15) is 0 Å². The first kappa shape index (κ1) is 14.0. The molecule has 1 rings (SSSR count). The highest BCUT2D eigenvalue weighted by atomic mass is 16.5. The van der Waals surface area contributed by atoms with Crippen molar-refractivity contribution >= 4 is 0 Å². The number of ether oxygens (including phenoxy) is 1. The Hall–Kier alpha value is -1.06. The summed E-state index contributed by atoms with van der Waals surface area (Å²) in [5.41, 5.74) is 3.72. The highest BCUT2D eigenvalue weighted by molar-refractivity contribution is 5.43. The van der Waals surface area contributed by atoms with Crippen LogP contribution in [0.25, 0.3) is 0 Å². The minimum Gasteiger partial charge on any atom is -0.496 e. The van der Waals surface area contributed by atoms with Gasteiger partial charge in [0.25, 0.3) is 0 Å². The van der Waals surface area contributed by atoms with Crippen LogP contribution in [0.2, 0.25) is 0 Å². The van der Waals surface area contributed by atoms with Crippen molar-refractivity contribution < 1.29 is 9.84 Å². The molecule has 0 unspecified atom stereocenters. The van der Waals surface area contributed by atoms with Gasteiger partial charge in [0.05, 0.1) is 7.11 Å². The summed E-state index contributed by atoms with van der Waals surface area (Å²) in [4.78, 5) is 0. The van der Waals surface area contributed by atoms with Crippen LogP contribution < -0.4 is 10.1 Å². The summed E-state index contributed by atoms with van der Waals surface area (Å²) in [6, 6.07) is 4.36. The average Bonchev–Trinajstić information content (AvgIpc) is 2.28. The van der Waals surface area contributed by atoms with Crippen molar-refractivity contribution in [2.75, 3.05) is 26.8 Å². The molecule has 0 spiro atoms. The number of benzene rings is 1. The smallest absolute Gasteiger partial charge is 0.124 e. The molecule has 0 atom stereocenters. The Bertz CT molecular complexity index is 327. The lowest BCUT2D eigenvalue weighted by Crippen LogP contribution is -2.19. The zero-order valence-corrected chi connectivity index (χ0v) is 11.0. The van der Waals surface area contributed by atoms with Gasteiger partial charge in [-0.1, -0.05) is 12.1 Å². The molecule has 17 heavy (non-hydrogen) atoms. The molecule has 0 amide bonds. The molecule has 3 heteroatoms. The zero-order valence-electron chi connectivity index (χ0n) is 11.0. The quantitative estimate of drug-likeness (QED) is 0.711. The summed E-state index contributed by atoms with van der Waals surface area (Å²) in [6.07, 6.45) is 1.83. The third-order valence-electron chi connectivity index (χ3n) is 2.83. The van der Waals surface area contributed by atoms with Gasteiger partial charge in [0, 0.05) is 6.61 Å². The van der Waals surface area contributed by atoms with E-state index < -0.39 is 0 Å². The maximum Gasteiger partial charge on any atom is 0.124 e. The number of aryl methyl sites for hydroxylation is 2. The Morgan fingerprint density at radius 3 is 2.35 bits per heavy atom. The molecule has 0 bridgehead atoms. The molecule has 0 saturated heterocycles. The van der Waals surface area contributed by atoms with E-state index in [1.54, 1.807) is 7.11 Å². The topological polar surface area (TPSA) is 41.5 Å². The lowest BCUT2D eigenvalue weighted by Gasteiger charge is -2.11. The van der Waals surface area contributed by atoms with E-state index >= 15 is 0 Å². The summed E-state index contributed by atoms with van der Waals surface area (Å²) in [5, 5.41) is 12.0. The van der Waals surface area contributed by atoms with Crippen molar-refractivity contribution in [3.63, 3.8) is 0 Å². The molecule has 2 N–H and O–H groups in total. The summed E-state index contributed by atoms with van der Waals surface area (Å²) in [6.45, 7) is 6.24. The molecule has 0 aliphatic rings. The van der Waals surface area contributed by atoms with Crippen LogP contribution in [0, 0.1) is 13.8 Å². The predicted octanol–water partition coefficient (Wildman–Crippen LogP) is 1.83. The SMILES string of the molecule is COc1c(C)cc(CCNCCCO)cc1C. The molecule has 0 aliphatic carbocycles. The largest absolute Gasteiger partial charge is 0.496 e. The van der Waals surface area contributed by atoms with Gasteiger partial charge in [-0.3, -0.25) is 0 Å². The fraction of sp³-hybridized carbons (Fsp3) is 0.571. The van der Waals surface area contributed by atoms with Crippen molar-refractivity contribution in [3.8, 4) is 5.75 Å². The second kappa shape index (κ2) is 7.30. The van der Waals surface area contributed by atoms with Gasteiger partial charge in [-0.15, -0.1) is 0 Å². The van der Waals surface area contributed by atoms with Crippen molar-refractivity contribution in [1.82, 2.24) is 5.32 Å². The summed E-state index contributed by atoms with van der Waals surface area (Å²) in [7, 11) is 1.71. The summed E-state index contributed by atoms with van der Waals surface area (Å²) in [5.74, 6) is 0.988. The van der Waals surface area contributed by atoms with Crippen LogP contribution in [0.4, 0.5) is 0 Å². The number of hydrogen-bond donors (Lipinski definition) is 2. The number of methoxy groups -OCH3 is 1. The maximum absolute atomic E-state index is 8.66. The Morgan fingerprint density at radius 2 is 1.82 bits per heavy atom. The number of hydrogen-bond acceptors (Lipinski definition) is 3. The third kappa shape index (κ3) is 4.36. The van der Waals surface area contributed by atoms with Crippen LogP contribution in [0.1, 0.15) is 23.1 Å². The van der Waals surface area contributed by atoms with Crippen LogP contribution in [0.3, 0.4) is 0 Å². The minimum atomic E-state index is 0.258. The molecule has 0 heterocycles. The zero-order chi connectivity index (χ0) is 12.7. The lowest BCUT2D eigenvalue weighted by atomic mass is 10.0. The number of aliphatic hydroxyl groups excluding tert-OH is 1. The maximum atomic E-state index is 8.66. The van der Waals surface area contributed by atoms with Crippen molar-refractivity contribution in [2.24, 2.45) is 0 Å². The Morgan fingerprint density at radius 1 is 1.18 bits per heavy atom. The first-order valence-corrected chi connectivity index (χ1v) is 6.14. The van der Waals surface area contributed by atoms with E-state index in [0.717, 1.165) is 31.7 Å². The molecule has 0 aliphatic heterocycles. The molecule has 3 nitrogen and oxygen atoms in total. The predicted molar refractivity (Wildman–Crippen MR) is 70.7 cm³/mol. The van der Waals surface area contributed by atoms with E-state index in [2.05, 4.69) is 31.3 Å². The fourth-order valence-corrected chi connectivity index (χ4v) is 2.07. The first-order valence-electron chi connectivity index (χ1n) is 6.14. The standard InChI is InChI=1S/C14H23NO2/c1-11-9-13(5-7-15-6-4-8-16)10-12(2)14(11)17-3/h9-10,15-16H,4-8H2,1-3H3. The molecular formula is C14H23NO2. The van der Waals surface area contributed by atoms with Crippen LogP contribution >= 0.6 is 0 Å². The number of aliphatic hydroxyl groups is 1. The second-order valence-electron chi connectivity index (χ2n) is 4.34. The molecular weight excluding hydrogens is 214 g/mol. The normalized spacial score (nSPS) is 10.6. The summed E-state index contributed by atoms with van der Waals surface area (Å²) < 4.78 is 5.34. The van der Waals surface area contributed by atoms with Gasteiger partial charge in [0.15, 0.2) is 0 Å². The monoisotopic (exact) mass is 237 g/mol. The Kier molecular flexibility index (Phi) is 6.01. The van der Waals surface area contributed by atoms with Crippen molar-refractivity contribution in [1.29, 1.82) is 0 Å². The van der Waals surface area contributed by atoms with E-state index in [1.807, 2.05) is 0 Å². The van der Waals surface area contributed by atoms with Gasteiger partial charge < -0.3 is 15.2 Å². The van der Waals surface area contributed by atoms with Gasteiger partial charge in [-0.05, 0) is 56.5 Å². The van der Waals surface area contributed by atoms with E-state index in [4.69, 9.17) is 9.84 Å². The van der Waals surface area contributed by atoms with Crippen molar-refractivity contribution in [2.45, 2.75) is 26.7 Å². The Labute approximate surface area is 104 Å². The summed E-state index contributed by atoms with van der Waals surface area (Å²) >= 11 is 0. The molecule has 96 valence electrons. The van der Waals surface area contributed by atoms with E-state index in [1.165, 1.54) is 16.7 Å². The van der Waals surface area contributed by atoms with E-state index in [9.17, 15) is 0 Å². The van der Waals surface area contributed by atoms with Gasteiger partial charge >= 0.3 is 0 Å². The van der Waals surface area contributed by atoms with Crippen LogP contribution in [0.5, 0.6) is 5.75 Å². The minimum absolute atomic E-state index is 0.258. The fourth-order valence-electron chi connectivity index (χ4n) is 2.07. The second-order valence-corrected chi connectivity index (χ2v) is 4.34. The highest BCUT2D eigenvalue weighted by Crippen LogP contribution is 2.24. The van der Waals surface area contributed by atoms with Crippen molar-refractivity contribution in [3.05, 3.63) is 28.8 Å². The highest BCUT2D eigenvalue weighted by Gasteiger charge is 2.04. The van der Waals surface area contributed by atoms with Crippen LogP contribution in [-0.4, -0.2) is 31.9 Å². The van der Waals surface area contributed by atoms with E-state index in [0.29, 0.717) is 0 Å². The van der Waals surface area contributed by atoms with Gasteiger partial charge in [-0.25, -0.2) is 0 Å². The first-order chi connectivity index (χ1) is 8.19. The van der Waals surface area contributed by atoms with Gasteiger partial charge in [0.1, 0.15) is 5.75 Å². The molecule has 0 fully saturated rings. The third-order valence-corrected chi connectivity index (χ3v) is 2.83. The van der Waals surface area contributed by atoms with E-state index in [-0.39, 0.29) is 6.61 Å². The Balaban J connectivity index is 2.49. The molecule has 0 aromatic heterocycles. The van der Waals surface area contributed by atoms with Crippen LogP contribution in [0.15, 0.2) is 12.1 Å². The molecule has 1 aromatic carbocycles. The molecule has 0 saturated carbocycles. The lowest BCUT2D eigenvalue weighted by molar-refractivity contribution is 0.286. The number of rotatable bonds is 7. The number of nitrogens with one attached hydrogen (secondary N) is 1. The molecule has 1 aromatic rings. The average molecular weight is 237 g/mol. The van der Waals surface area contributed by atoms with Crippen LogP contribution in [-0.2, 0) is 6.42 Å². The molecule has 0 radical (unpaired) electrons. The van der Waals surface area contributed by atoms with Gasteiger partial charge in [0.2, 0.25) is 0 Å².